The average Bonchev–Trinajstić information content (AvgIpc) is 2.42. The summed E-state index contributed by atoms with van der Waals surface area (Å²) in [5.41, 5.74) is 3.19. The Labute approximate surface area is 92.1 Å². The maximum absolute atomic E-state index is 8.82. The molecule has 0 saturated heterocycles. The van der Waals surface area contributed by atoms with Crippen molar-refractivity contribution in [3.63, 3.8) is 0 Å². The second kappa shape index (κ2) is 2.99. The van der Waals surface area contributed by atoms with Gasteiger partial charge in [-0.2, -0.15) is 5.26 Å². The monoisotopic (exact) mass is 250 g/mol. The largest absolute Gasteiger partial charge is 0.384 e. The van der Waals surface area contributed by atoms with Crippen LogP contribution >= 0.6 is 15.9 Å². The highest BCUT2D eigenvalue weighted by Crippen LogP contribution is 2.41. The predicted molar refractivity (Wildman–Crippen MR) is 60.4 cm³/mol. The van der Waals surface area contributed by atoms with Crippen LogP contribution in [-0.2, 0) is 5.41 Å². The van der Waals surface area contributed by atoms with E-state index >= 15 is 0 Å². The zero-order valence-electron chi connectivity index (χ0n) is 8.19. The molecule has 0 spiro atoms. The van der Waals surface area contributed by atoms with Gasteiger partial charge in [-0.3, -0.25) is 0 Å². The molecule has 2 rings (SSSR count). The lowest BCUT2D eigenvalue weighted by Gasteiger charge is -2.18. The summed E-state index contributed by atoms with van der Waals surface area (Å²) in [4.78, 5) is 0. The van der Waals surface area contributed by atoms with Crippen molar-refractivity contribution < 1.29 is 0 Å². The van der Waals surface area contributed by atoms with E-state index in [0.717, 1.165) is 16.7 Å². The smallest absolute Gasteiger partial charge is 0.0992 e. The topological polar surface area (TPSA) is 35.8 Å². The van der Waals surface area contributed by atoms with E-state index in [1.165, 1.54) is 5.56 Å². The molecule has 1 aliphatic heterocycles. The Hall–Kier alpha value is -1.01. The minimum atomic E-state index is 0.141. The predicted octanol–water partition coefficient (Wildman–Crippen LogP) is 3.02. The van der Waals surface area contributed by atoms with Gasteiger partial charge in [-0.05, 0) is 17.7 Å². The third-order valence-corrected chi connectivity index (χ3v) is 3.24. The van der Waals surface area contributed by atoms with Gasteiger partial charge in [-0.1, -0.05) is 29.8 Å². The quantitative estimate of drug-likeness (QED) is 0.769. The van der Waals surface area contributed by atoms with Gasteiger partial charge >= 0.3 is 0 Å². The first-order valence-corrected chi connectivity index (χ1v) is 5.32. The van der Waals surface area contributed by atoms with Gasteiger partial charge < -0.3 is 5.32 Å². The molecule has 0 aromatic heterocycles. The van der Waals surface area contributed by atoms with Crippen LogP contribution in [0.25, 0.3) is 0 Å². The van der Waals surface area contributed by atoms with E-state index in [2.05, 4.69) is 41.2 Å². The van der Waals surface area contributed by atoms with E-state index < -0.39 is 0 Å². The summed E-state index contributed by atoms with van der Waals surface area (Å²) >= 11 is 3.52. The number of halogens is 1. The summed E-state index contributed by atoms with van der Waals surface area (Å²) < 4.78 is 1.03. The summed E-state index contributed by atoms with van der Waals surface area (Å²) in [5.74, 6) is 0. The molecular formula is C11H11BrN2. The minimum absolute atomic E-state index is 0.141. The number of nitrogens with one attached hydrogen (secondary N) is 1. The van der Waals surface area contributed by atoms with Crippen LogP contribution in [0, 0.1) is 11.3 Å². The first kappa shape index (κ1) is 9.54. The van der Waals surface area contributed by atoms with Gasteiger partial charge in [-0.15, -0.1) is 0 Å². The van der Waals surface area contributed by atoms with Gasteiger partial charge in [0.25, 0.3) is 0 Å². The minimum Gasteiger partial charge on any atom is -0.384 e. The zero-order valence-corrected chi connectivity index (χ0v) is 9.77. The third-order valence-electron chi connectivity index (χ3n) is 2.62. The van der Waals surface area contributed by atoms with Gasteiger partial charge in [-0.25, -0.2) is 0 Å². The first-order valence-electron chi connectivity index (χ1n) is 4.52. The molecule has 0 saturated carbocycles. The number of benzene rings is 1. The van der Waals surface area contributed by atoms with Gasteiger partial charge in [0, 0.05) is 22.1 Å². The fraction of sp³-hybridized carbons (Fsp3) is 0.364. The van der Waals surface area contributed by atoms with Crippen molar-refractivity contribution in [2.45, 2.75) is 19.3 Å². The highest BCUT2D eigenvalue weighted by molar-refractivity contribution is 9.10. The maximum atomic E-state index is 8.82. The van der Waals surface area contributed by atoms with E-state index in [0.29, 0.717) is 5.56 Å². The molecule has 3 heteroatoms. The average molecular weight is 251 g/mol. The molecule has 72 valence electrons. The van der Waals surface area contributed by atoms with Crippen molar-refractivity contribution in [1.82, 2.24) is 0 Å². The maximum Gasteiger partial charge on any atom is 0.0992 e. The molecule has 0 atom stereocenters. The van der Waals surface area contributed by atoms with E-state index in [1.54, 1.807) is 0 Å². The Morgan fingerprint density at radius 2 is 2.21 bits per heavy atom. The van der Waals surface area contributed by atoms with Crippen molar-refractivity contribution in [2.24, 2.45) is 0 Å². The van der Waals surface area contributed by atoms with E-state index in [4.69, 9.17) is 5.26 Å². The van der Waals surface area contributed by atoms with Crippen LogP contribution in [0.15, 0.2) is 16.6 Å². The molecule has 1 aromatic carbocycles. The molecule has 1 N–H and O–H groups in total. The summed E-state index contributed by atoms with van der Waals surface area (Å²) in [6.45, 7) is 5.32. The summed E-state index contributed by atoms with van der Waals surface area (Å²) in [6, 6.07) is 5.95. The van der Waals surface area contributed by atoms with Crippen LogP contribution in [0.5, 0.6) is 0 Å². The van der Waals surface area contributed by atoms with Crippen LogP contribution in [-0.4, -0.2) is 6.54 Å². The zero-order chi connectivity index (χ0) is 10.3. The SMILES string of the molecule is CC1(C)CNc2cc(C#N)cc(Br)c21. The Morgan fingerprint density at radius 3 is 2.86 bits per heavy atom. The second-order valence-corrected chi connectivity index (χ2v) is 5.08. The van der Waals surface area contributed by atoms with Crippen molar-refractivity contribution in [3.8, 4) is 6.07 Å². The Morgan fingerprint density at radius 1 is 1.50 bits per heavy atom. The fourth-order valence-electron chi connectivity index (χ4n) is 1.90. The summed E-state index contributed by atoms with van der Waals surface area (Å²) in [6.07, 6.45) is 0. The van der Waals surface area contributed by atoms with E-state index in [9.17, 15) is 0 Å². The number of hydrogen-bond acceptors (Lipinski definition) is 2. The van der Waals surface area contributed by atoms with Crippen molar-refractivity contribution in [3.05, 3.63) is 27.7 Å². The molecule has 1 aromatic rings. The highest BCUT2D eigenvalue weighted by atomic mass is 79.9. The van der Waals surface area contributed by atoms with Gasteiger partial charge in [0.15, 0.2) is 0 Å². The molecule has 0 bridgehead atoms. The van der Waals surface area contributed by atoms with Crippen molar-refractivity contribution in [1.29, 1.82) is 5.26 Å². The molecule has 0 unspecified atom stereocenters. The highest BCUT2D eigenvalue weighted by Gasteiger charge is 2.31. The number of nitriles is 1. The first-order chi connectivity index (χ1) is 6.54. The lowest BCUT2D eigenvalue weighted by atomic mass is 9.86. The number of anilines is 1. The Balaban J connectivity index is 2.65. The van der Waals surface area contributed by atoms with Crippen LogP contribution in [0.4, 0.5) is 5.69 Å². The van der Waals surface area contributed by atoms with E-state index in [1.807, 2.05) is 12.1 Å². The molecule has 14 heavy (non-hydrogen) atoms. The number of nitrogens with zero attached hydrogens (tertiary/aromatic N) is 1. The summed E-state index contributed by atoms with van der Waals surface area (Å²) in [5, 5.41) is 12.1. The molecular weight excluding hydrogens is 240 g/mol. The van der Waals surface area contributed by atoms with Crippen molar-refractivity contribution >= 4 is 21.6 Å². The van der Waals surface area contributed by atoms with Crippen LogP contribution in [0.1, 0.15) is 25.0 Å². The Bertz CT molecular complexity index is 430. The molecule has 1 heterocycles. The van der Waals surface area contributed by atoms with Crippen molar-refractivity contribution in [2.75, 3.05) is 11.9 Å². The molecule has 2 nitrogen and oxygen atoms in total. The fourth-order valence-corrected chi connectivity index (χ4v) is 2.90. The lowest BCUT2D eigenvalue weighted by molar-refractivity contribution is 0.583. The standard InChI is InChI=1S/C11H11BrN2/c1-11(2)6-14-9-4-7(5-13)3-8(12)10(9)11/h3-4,14H,6H2,1-2H3. The van der Waals surface area contributed by atoms with Gasteiger partial charge in [0.1, 0.15) is 0 Å². The molecule has 0 fully saturated rings. The lowest BCUT2D eigenvalue weighted by Crippen LogP contribution is -2.19. The van der Waals surface area contributed by atoms with Gasteiger partial charge in [0.05, 0.1) is 11.6 Å². The normalized spacial score (nSPS) is 17.0. The summed E-state index contributed by atoms with van der Waals surface area (Å²) in [7, 11) is 0. The number of fused-ring (bicyclic) bond motifs is 1. The van der Waals surface area contributed by atoms with Gasteiger partial charge in [0.2, 0.25) is 0 Å². The molecule has 0 aliphatic carbocycles. The Kier molecular flexibility index (Phi) is 2.04. The third kappa shape index (κ3) is 1.31. The molecule has 1 aliphatic rings. The number of rotatable bonds is 0. The van der Waals surface area contributed by atoms with Crippen LogP contribution < -0.4 is 5.32 Å². The van der Waals surface area contributed by atoms with Crippen LogP contribution in [0.3, 0.4) is 0 Å². The number of hydrogen-bond donors (Lipinski definition) is 1. The molecule has 0 amide bonds. The molecule has 0 radical (unpaired) electrons. The second-order valence-electron chi connectivity index (χ2n) is 4.23. The van der Waals surface area contributed by atoms with E-state index in [-0.39, 0.29) is 5.41 Å². The van der Waals surface area contributed by atoms with Crippen LogP contribution in [0.2, 0.25) is 0 Å².